The Bertz CT molecular complexity index is 453. The van der Waals surface area contributed by atoms with Crippen molar-refractivity contribution in [3.05, 3.63) is 42.0 Å². The van der Waals surface area contributed by atoms with E-state index in [-0.39, 0.29) is 5.97 Å². The first-order valence-electron chi connectivity index (χ1n) is 4.98. The number of ether oxygens (including phenoxy) is 1. The number of esters is 1. The highest BCUT2D eigenvalue weighted by Crippen LogP contribution is 2.47. The average Bonchev–Trinajstić information content (AvgIpc) is 2.66. The lowest BCUT2D eigenvalue weighted by Gasteiger charge is -2.31. The fourth-order valence-corrected chi connectivity index (χ4v) is 3.23. The van der Waals surface area contributed by atoms with Crippen LogP contribution in [-0.4, -0.2) is 10.9 Å². The first kappa shape index (κ1) is 9.04. The van der Waals surface area contributed by atoms with Crippen LogP contribution in [0.25, 0.3) is 0 Å². The highest BCUT2D eigenvalue weighted by atomic mass is 32.2. The van der Waals surface area contributed by atoms with Crippen LogP contribution in [0, 0.1) is 0 Å². The van der Waals surface area contributed by atoms with Gasteiger partial charge in [-0.2, -0.15) is 0 Å². The summed E-state index contributed by atoms with van der Waals surface area (Å²) in [4.78, 5) is 12.4. The summed E-state index contributed by atoms with van der Waals surface area (Å²) in [6.07, 6.45) is 5.96. The molecule has 0 fully saturated rings. The second-order valence-corrected chi connectivity index (χ2v) is 5.08. The van der Waals surface area contributed by atoms with Gasteiger partial charge in [-0.1, -0.05) is 30.0 Å². The van der Waals surface area contributed by atoms with Gasteiger partial charge in [-0.3, -0.25) is 0 Å². The van der Waals surface area contributed by atoms with Crippen molar-refractivity contribution in [1.82, 2.24) is 0 Å². The van der Waals surface area contributed by atoms with Crippen molar-refractivity contribution in [3.8, 4) is 0 Å². The molecule has 1 atom stereocenters. The van der Waals surface area contributed by atoms with E-state index in [4.69, 9.17) is 4.74 Å². The molecule has 15 heavy (non-hydrogen) atoms. The van der Waals surface area contributed by atoms with Crippen LogP contribution >= 0.6 is 11.8 Å². The molecule has 1 spiro atoms. The van der Waals surface area contributed by atoms with Gasteiger partial charge in [-0.05, 0) is 24.6 Å². The highest BCUT2D eigenvalue weighted by Gasteiger charge is 2.40. The first-order valence-corrected chi connectivity index (χ1v) is 5.80. The summed E-state index contributed by atoms with van der Waals surface area (Å²) >= 11 is 1.64. The van der Waals surface area contributed by atoms with Gasteiger partial charge in [-0.15, -0.1) is 0 Å². The van der Waals surface area contributed by atoms with E-state index in [1.165, 1.54) is 0 Å². The molecule has 0 aromatic heterocycles. The zero-order chi connectivity index (χ0) is 10.3. The second-order valence-electron chi connectivity index (χ2n) is 3.74. The third kappa shape index (κ3) is 1.38. The van der Waals surface area contributed by atoms with Crippen molar-refractivity contribution < 1.29 is 9.53 Å². The lowest BCUT2D eigenvalue weighted by molar-refractivity contribution is 0.0299. The normalized spacial score (nSPS) is 27.9. The summed E-state index contributed by atoms with van der Waals surface area (Å²) in [5, 5.41) is 0. The molecule has 3 heteroatoms. The minimum absolute atomic E-state index is 0.198. The highest BCUT2D eigenvalue weighted by molar-refractivity contribution is 8.00. The lowest BCUT2D eigenvalue weighted by atomic mass is 10.2. The van der Waals surface area contributed by atoms with Crippen molar-refractivity contribution in [2.24, 2.45) is 0 Å². The summed E-state index contributed by atoms with van der Waals surface area (Å²) in [6, 6.07) is 7.62. The Morgan fingerprint density at radius 3 is 3.00 bits per heavy atom. The minimum atomic E-state index is -0.425. The Hall–Kier alpha value is -1.22. The Labute approximate surface area is 92.3 Å². The molecule has 0 N–H and O–H groups in total. The van der Waals surface area contributed by atoms with Gasteiger partial charge in [0.25, 0.3) is 0 Å². The molecule has 1 aliphatic heterocycles. The number of benzene rings is 1. The van der Waals surface area contributed by atoms with Crippen molar-refractivity contribution in [2.75, 3.05) is 0 Å². The monoisotopic (exact) mass is 218 g/mol. The molecule has 0 saturated carbocycles. The third-order valence-corrected chi connectivity index (χ3v) is 4.03. The van der Waals surface area contributed by atoms with Crippen molar-refractivity contribution in [3.63, 3.8) is 0 Å². The molecule has 1 unspecified atom stereocenters. The molecule has 1 heterocycles. The third-order valence-electron chi connectivity index (χ3n) is 2.69. The lowest BCUT2D eigenvalue weighted by Crippen LogP contribution is -2.31. The number of rotatable bonds is 0. The summed E-state index contributed by atoms with van der Waals surface area (Å²) in [5.41, 5.74) is 0.688. The smallest absolute Gasteiger partial charge is 0.340 e. The van der Waals surface area contributed by atoms with Crippen LogP contribution in [0.4, 0.5) is 0 Å². The van der Waals surface area contributed by atoms with E-state index in [9.17, 15) is 4.79 Å². The second kappa shape index (κ2) is 3.14. The van der Waals surface area contributed by atoms with Gasteiger partial charge >= 0.3 is 5.97 Å². The summed E-state index contributed by atoms with van der Waals surface area (Å²) < 4.78 is 5.50. The average molecular weight is 218 g/mol. The van der Waals surface area contributed by atoms with Crippen LogP contribution in [0.5, 0.6) is 0 Å². The predicted octanol–water partition coefficient (Wildman–Crippen LogP) is 3.00. The van der Waals surface area contributed by atoms with Gasteiger partial charge in [0, 0.05) is 11.3 Å². The molecule has 2 nitrogen and oxygen atoms in total. The van der Waals surface area contributed by atoms with E-state index in [0.29, 0.717) is 5.56 Å². The van der Waals surface area contributed by atoms with E-state index in [2.05, 4.69) is 6.08 Å². The number of carbonyl (C=O) groups excluding carboxylic acids is 1. The van der Waals surface area contributed by atoms with Crippen LogP contribution in [0.15, 0.2) is 41.3 Å². The number of fused-ring (bicyclic) bond motifs is 1. The van der Waals surface area contributed by atoms with Gasteiger partial charge < -0.3 is 4.74 Å². The zero-order valence-corrected chi connectivity index (χ0v) is 8.92. The van der Waals surface area contributed by atoms with Crippen LogP contribution in [-0.2, 0) is 4.74 Å². The quantitative estimate of drug-likeness (QED) is 0.494. The minimum Gasteiger partial charge on any atom is -0.440 e. The standard InChI is InChI=1S/C12H10O2S/c13-11-9-5-1-2-6-10(9)15-12(14-11)7-3-4-8-12/h1-3,5-7H,4,8H2. The summed E-state index contributed by atoms with van der Waals surface area (Å²) in [7, 11) is 0. The molecule has 76 valence electrons. The summed E-state index contributed by atoms with van der Waals surface area (Å²) in [6.45, 7) is 0. The topological polar surface area (TPSA) is 26.3 Å². The van der Waals surface area contributed by atoms with Crippen molar-refractivity contribution in [1.29, 1.82) is 0 Å². The van der Waals surface area contributed by atoms with Crippen molar-refractivity contribution in [2.45, 2.75) is 22.7 Å². The van der Waals surface area contributed by atoms with E-state index in [1.807, 2.05) is 30.3 Å². The van der Waals surface area contributed by atoms with Crippen molar-refractivity contribution >= 4 is 17.7 Å². The SMILES string of the molecule is O=C1OC2(C=CCC2)Sc2ccccc21. The summed E-state index contributed by atoms with van der Waals surface area (Å²) in [5.74, 6) is -0.198. The van der Waals surface area contributed by atoms with Crippen LogP contribution in [0.2, 0.25) is 0 Å². The fraction of sp³-hybridized carbons (Fsp3) is 0.250. The maximum absolute atomic E-state index is 11.8. The molecule has 0 bridgehead atoms. The fourth-order valence-electron chi connectivity index (χ4n) is 1.94. The Morgan fingerprint density at radius 2 is 2.20 bits per heavy atom. The van der Waals surface area contributed by atoms with E-state index < -0.39 is 4.93 Å². The predicted molar refractivity (Wildman–Crippen MR) is 58.8 cm³/mol. The molecule has 1 aromatic rings. The maximum atomic E-state index is 11.8. The number of carbonyl (C=O) groups is 1. The number of hydrogen-bond donors (Lipinski definition) is 0. The van der Waals surface area contributed by atoms with Gasteiger partial charge in [0.2, 0.25) is 0 Å². The molecule has 1 aromatic carbocycles. The molecular formula is C12H10O2S. The zero-order valence-electron chi connectivity index (χ0n) is 8.10. The Kier molecular flexibility index (Phi) is 1.89. The van der Waals surface area contributed by atoms with E-state index in [1.54, 1.807) is 11.8 Å². The molecule has 0 radical (unpaired) electrons. The van der Waals surface area contributed by atoms with Crippen LogP contribution in [0.3, 0.4) is 0 Å². The van der Waals surface area contributed by atoms with Gasteiger partial charge in [0.15, 0.2) is 4.93 Å². The Morgan fingerprint density at radius 1 is 1.33 bits per heavy atom. The molecule has 2 aliphatic rings. The van der Waals surface area contributed by atoms with Crippen LogP contribution < -0.4 is 0 Å². The molecule has 1 aliphatic carbocycles. The number of hydrogen-bond acceptors (Lipinski definition) is 3. The van der Waals surface area contributed by atoms with E-state index >= 15 is 0 Å². The largest absolute Gasteiger partial charge is 0.440 e. The number of allylic oxidation sites excluding steroid dienone is 1. The Balaban J connectivity index is 2.06. The molecule has 0 amide bonds. The van der Waals surface area contributed by atoms with Gasteiger partial charge in [0.05, 0.1) is 5.56 Å². The molecule has 0 saturated heterocycles. The molecular weight excluding hydrogens is 208 g/mol. The molecule has 3 rings (SSSR count). The van der Waals surface area contributed by atoms with Gasteiger partial charge in [0.1, 0.15) is 0 Å². The van der Waals surface area contributed by atoms with Crippen LogP contribution in [0.1, 0.15) is 23.2 Å². The maximum Gasteiger partial charge on any atom is 0.340 e. The van der Waals surface area contributed by atoms with E-state index in [0.717, 1.165) is 17.7 Å². The van der Waals surface area contributed by atoms with Gasteiger partial charge in [-0.25, -0.2) is 4.79 Å². The number of thioether (sulfide) groups is 1. The first-order chi connectivity index (χ1) is 7.29.